The Morgan fingerprint density at radius 1 is 1.09 bits per heavy atom. The van der Waals surface area contributed by atoms with Crippen molar-refractivity contribution in [3.05, 3.63) is 65.0 Å². The summed E-state index contributed by atoms with van der Waals surface area (Å²) in [4.78, 5) is 6.65. The van der Waals surface area contributed by atoms with Crippen molar-refractivity contribution in [1.82, 2.24) is 15.2 Å². The van der Waals surface area contributed by atoms with E-state index in [-0.39, 0.29) is 5.41 Å². The second kappa shape index (κ2) is 8.61. The highest BCUT2D eigenvalue weighted by Crippen LogP contribution is 2.50. The summed E-state index contributed by atoms with van der Waals surface area (Å²) in [6, 6.07) is 10.3. The van der Waals surface area contributed by atoms with E-state index < -0.39 is 11.2 Å². The van der Waals surface area contributed by atoms with Gasteiger partial charge in [-0.3, -0.25) is 4.98 Å². The van der Waals surface area contributed by atoms with Gasteiger partial charge in [0.15, 0.2) is 0 Å². The largest absolute Gasteiger partial charge is 0.380 e. The molecule has 5 nitrogen and oxygen atoms in total. The van der Waals surface area contributed by atoms with Crippen LogP contribution in [-0.4, -0.2) is 58.9 Å². The Bertz CT molecular complexity index is 1010. The molecule has 4 rings (SSSR count). The van der Waals surface area contributed by atoms with Crippen LogP contribution in [0.4, 0.5) is 0 Å². The van der Waals surface area contributed by atoms with Gasteiger partial charge in [0.25, 0.3) is 0 Å². The molecule has 2 aromatic rings. The third kappa shape index (κ3) is 4.21. The fourth-order valence-electron chi connectivity index (χ4n) is 5.21. The number of likely N-dealkylation sites (tertiary alicyclic amines) is 1. The summed E-state index contributed by atoms with van der Waals surface area (Å²) >= 11 is 0. The number of hydrogen-bond acceptors (Lipinski definition) is 5. The topological polar surface area (TPSA) is 68.6 Å². The third-order valence-electron chi connectivity index (χ3n) is 7.13. The van der Waals surface area contributed by atoms with Crippen molar-refractivity contribution in [3.63, 3.8) is 0 Å². The molecule has 0 bridgehead atoms. The molecule has 5 heteroatoms. The summed E-state index contributed by atoms with van der Waals surface area (Å²) in [6.45, 7) is 9.59. The van der Waals surface area contributed by atoms with Crippen molar-refractivity contribution in [2.75, 3.05) is 33.2 Å². The molecular formula is C27H35N3O2. The number of hydrogen-bond donors (Lipinski definition) is 3. The van der Waals surface area contributed by atoms with E-state index in [0.717, 1.165) is 37.3 Å². The van der Waals surface area contributed by atoms with Gasteiger partial charge >= 0.3 is 0 Å². The predicted octanol–water partition coefficient (Wildman–Crippen LogP) is 2.86. The molecule has 0 spiro atoms. The van der Waals surface area contributed by atoms with Crippen LogP contribution in [0.3, 0.4) is 0 Å². The number of rotatable bonds is 4. The first-order valence-corrected chi connectivity index (χ1v) is 11.6. The number of benzene rings is 1. The Labute approximate surface area is 191 Å². The summed E-state index contributed by atoms with van der Waals surface area (Å²) in [5, 5.41) is 26.3. The monoisotopic (exact) mass is 433 g/mol. The van der Waals surface area contributed by atoms with Gasteiger partial charge in [0.2, 0.25) is 0 Å². The first-order valence-electron chi connectivity index (χ1n) is 11.6. The number of nitrogens with one attached hydrogen (secondary N) is 1. The molecule has 32 heavy (non-hydrogen) atoms. The van der Waals surface area contributed by atoms with Crippen LogP contribution < -0.4 is 5.32 Å². The number of aliphatic hydroxyl groups is 2. The highest BCUT2D eigenvalue weighted by atomic mass is 16.3. The maximum absolute atomic E-state index is 12.3. The zero-order chi connectivity index (χ0) is 23.0. The fourth-order valence-corrected chi connectivity index (χ4v) is 5.21. The van der Waals surface area contributed by atoms with E-state index in [1.54, 1.807) is 12.4 Å². The van der Waals surface area contributed by atoms with Gasteiger partial charge in [-0.25, -0.2) is 0 Å². The molecule has 3 heterocycles. The van der Waals surface area contributed by atoms with E-state index in [1.807, 2.05) is 6.07 Å². The number of piperidine rings is 1. The van der Waals surface area contributed by atoms with Crippen LogP contribution in [0.5, 0.6) is 0 Å². The van der Waals surface area contributed by atoms with Crippen LogP contribution in [-0.2, 0) is 5.60 Å². The van der Waals surface area contributed by atoms with Gasteiger partial charge in [0.1, 0.15) is 11.2 Å². The summed E-state index contributed by atoms with van der Waals surface area (Å²) in [7, 11) is 2.07. The lowest BCUT2D eigenvalue weighted by Crippen LogP contribution is -2.63. The second-order valence-corrected chi connectivity index (χ2v) is 10.2. The lowest BCUT2D eigenvalue weighted by molar-refractivity contribution is -0.127. The van der Waals surface area contributed by atoms with Gasteiger partial charge < -0.3 is 20.4 Å². The molecule has 3 N–H and O–H groups in total. The second-order valence-electron chi connectivity index (χ2n) is 10.2. The Morgan fingerprint density at radius 2 is 1.75 bits per heavy atom. The molecule has 0 unspecified atom stereocenters. The van der Waals surface area contributed by atoms with Crippen molar-refractivity contribution in [2.24, 2.45) is 5.41 Å². The number of nitrogens with zero attached hydrogens (tertiary/aromatic N) is 2. The molecule has 0 saturated carbocycles. The first kappa shape index (κ1) is 22.9. The molecule has 0 radical (unpaired) electrons. The van der Waals surface area contributed by atoms with E-state index in [1.165, 1.54) is 5.56 Å². The van der Waals surface area contributed by atoms with E-state index in [9.17, 15) is 10.2 Å². The minimum atomic E-state index is -1.19. The van der Waals surface area contributed by atoms with Crippen LogP contribution in [0.1, 0.15) is 61.8 Å². The molecule has 1 aromatic carbocycles. The van der Waals surface area contributed by atoms with Crippen LogP contribution >= 0.6 is 0 Å². The molecule has 1 atom stereocenters. The molecule has 170 valence electrons. The van der Waals surface area contributed by atoms with E-state index in [4.69, 9.17) is 0 Å². The van der Waals surface area contributed by atoms with Crippen molar-refractivity contribution in [3.8, 4) is 11.8 Å². The summed E-state index contributed by atoms with van der Waals surface area (Å²) in [5.74, 6) is 6.62. The summed E-state index contributed by atoms with van der Waals surface area (Å²) in [6.07, 6.45) is 4.69. The van der Waals surface area contributed by atoms with Gasteiger partial charge in [-0.2, -0.15) is 0 Å². The third-order valence-corrected chi connectivity index (χ3v) is 7.13. The Hall–Kier alpha value is -2.23. The van der Waals surface area contributed by atoms with E-state index in [2.05, 4.69) is 79.1 Å². The summed E-state index contributed by atoms with van der Waals surface area (Å²) < 4.78 is 0. The minimum absolute atomic E-state index is 0.345. The van der Waals surface area contributed by atoms with E-state index in [0.29, 0.717) is 24.3 Å². The summed E-state index contributed by atoms with van der Waals surface area (Å²) in [5.41, 5.74) is 1.08. The average molecular weight is 434 g/mol. The van der Waals surface area contributed by atoms with Gasteiger partial charge in [-0.05, 0) is 56.1 Å². The van der Waals surface area contributed by atoms with Crippen molar-refractivity contribution < 1.29 is 10.2 Å². The molecular weight excluding hydrogens is 398 g/mol. The van der Waals surface area contributed by atoms with Crippen LogP contribution in [0.15, 0.2) is 42.7 Å². The predicted molar refractivity (Wildman–Crippen MR) is 127 cm³/mol. The Balaban J connectivity index is 1.73. The average Bonchev–Trinajstić information content (AvgIpc) is 2.77. The fraction of sp³-hybridized carbons (Fsp3) is 0.519. The zero-order valence-corrected chi connectivity index (χ0v) is 19.7. The van der Waals surface area contributed by atoms with Crippen molar-refractivity contribution >= 4 is 0 Å². The van der Waals surface area contributed by atoms with Gasteiger partial charge in [-0.1, -0.05) is 56.9 Å². The van der Waals surface area contributed by atoms with Crippen molar-refractivity contribution in [2.45, 2.75) is 50.7 Å². The zero-order valence-electron chi connectivity index (χ0n) is 19.7. The van der Waals surface area contributed by atoms with Crippen LogP contribution in [0.2, 0.25) is 0 Å². The molecule has 2 aliphatic heterocycles. The lowest BCUT2D eigenvalue weighted by atomic mass is 9.62. The van der Waals surface area contributed by atoms with Crippen LogP contribution in [0, 0.1) is 17.3 Å². The lowest BCUT2D eigenvalue weighted by Gasteiger charge is -2.55. The molecule has 0 amide bonds. The normalized spacial score (nSPS) is 21.8. The first-order chi connectivity index (χ1) is 15.2. The molecule has 1 aromatic heterocycles. The van der Waals surface area contributed by atoms with Crippen molar-refractivity contribution in [1.29, 1.82) is 0 Å². The SMILES string of the molecule is CC(C)c1ccc([C@](O)(c2cncc(C#CC3(O)CCNCC3)c2)C2(C)CN(C)C2)cc1. The minimum Gasteiger partial charge on any atom is -0.380 e. The number of pyridine rings is 1. The van der Waals surface area contributed by atoms with E-state index >= 15 is 0 Å². The van der Waals surface area contributed by atoms with Gasteiger partial charge in [-0.15, -0.1) is 0 Å². The maximum Gasteiger partial charge on any atom is 0.128 e. The van der Waals surface area contributed by atoms with Crippen LogP contribution in [0.25, 0.3) is 0 Å². The van der Waals surface area contributed by atoms with Gasteiger partial charge in [0.05, 0.1) is 0 Å². The molecule has 2 saturated heterocycles. The standard InChI is InChI=1S/C27H35N3O2/c1-20(2)22-5-7-23(8-6-22)27(32,25(3)18-30(4)19-25)24-15-21(16-29-17-24)9-10-26(31)11-13-28-14-12-26/h5-8,15-17,20,28,31-32H,11-14,18-19H2,1-4H3/t27-/m0/s1. The maximum atomic E-state index is 12.3. The molecule has 2 aliphatic rings. The quantitative estimate of drug-likeness (QED) is 0.647. The highest BCUT2D eigenvalue weighted by Gasteiger charge is 2.55. The Kier molecular flexibility index (Phi) is 6.17. The Morgan fingerprint density at radius 3 is 2.34 bits per heavy atom. The molecule has 2 fully saturated rings. The smallest absolute Gasteiger partial charge is 0.128 e. The van der Waals surface area contributed by atoms with Gasteiger partial charge in [0, 0.05) is 42.0 Å². The molecule has 0 aliphatic carbocycles. The highest BCUT2D eigenvalue weighted by molar-refractivity contribution is 5.45. The number of aromatic nitrogens is 1.